The summed E-state index contributed by atoms with van der Waals surface area (Å²) >= 11 is 0. The zero-order chi connectivity index (χ0) is 34.4. The van der Waals surface area contributed by atoms with Crippen molar-refractivity contribution in [3.63, 3.8) is 0 Å². The Balaban J connectivity index is 1.60. The third-order valence-electron chi connectivity index (χ3n) is 12.1. The Kier molecular flexibility index (Phi) is 11.0. The summed E-state index contributed by atoms with van der Waals surface area (Å²) in [5, 5.41) is 0. The molecule has 0 bridgehead atoms. The maximum Gasteiger partial charge on any atom is 0.169 e. The zero-order valence-corrected chi connectivity index (χ0v) is 28.0. The second kappa shape index (κ2) is 14.8. The Morgan fingerprint density at radius 2 is 0.354 bits per heavy atom. The van der Waals surface area contributed by atoms with Gasteiger partial charge >= 0.3 is 0 Å². The molecule has 0 N–H and O–H groups in total. The lowest BCUT2D eigenvalue weighted by molar-refractivity contribution is -0.140. The highest BCUT2D eigenvalue weighted by molar-refractivity contribution is 6.24. The van der Waals surface area contributed by atoms with Gasteiger partial charge in [0.2, 0.25) is 0 Å². The van der Waals surface area contributed by atoms with E-state index in [1.165, 1.54) is 0 Å². The second-order valence-corrected chi connectivity index (χ2v) is 14.8. The minimum atomic E-state index is -1.44. The van der Waals surface area contributed by atoms with Gasteiger partial charge in [-0.2, -0.15) is 0 Å². The summed E-state index contributed by atoms with van der Waals surface area (Å²) < 4.78 is 0. The van der Waals surface area contributed by atoms with E-state index in [-0.39, 0.29) is 51.4 Å². The number of hydrogen-bond donors (Lipinski definition) is 0. The first kappa shape index (κ1) is 35.6. The van der Waals surface area contributed by atoms with E-state index in [4.69, 9.17) is 0 Å². The van der Waals surface area contributed by atoms with Crippen LogP contribution in [0.2, 0.25) is 0 Å². The smallest absolute Gasteiger partial charge is 0.169 e. The molecule has 0 atom stereocenters. The third-order valence-corrected chi connectivity index (χ3v) is 12.1. The van der Waals surface area contributed by atoms with Crippen molar-refractivity contribution in [2.45, 2.75) is 128 Å². The van der Waals surface area contributed by atoms with Gasteiger partial charge in [0, 0.05) is 0 Å². The Morgan fingerprint density at radius 1 is 0.229 bits per heavy atom. The molecule has 0 amide bonds. The number of rotatable bonds is 0. The van der Waals surface area contributed by atoms with E-state index in [0.717, 1.165) is 74.3 Å². The average Bonchev–Trinajstić information content (AvgIpc) is 3.13. The lowest BCUT2D eigenvalue weighted by Gasteiger charge is -2.35. The molecule has 4 spiro atoms. The van der Waals surface area contributed by atoms with Crippen molar-refractivity contribution >= 4 is 46.3 Å². The summed E-state index contributed by atoms with van der Waals surface area (Å²) in [5.74, 6) is -4.22. The molecule has 256 valence electrons. The standard InChI is InChI=1S/C40H48O8/c41-29-13-15-31(43)38(23-7-2-8-24-38)33(45)17-19-35(47)40(27-11-4-12-28-40)36(48)20-18-34(46)39(25-9-3-10-26-39)32(44)16-14-30(42)37(29)21-5-1-6-22-37/h13-20H,1-12,21-28H2/b15-13-,16-14-,19-17-,20-18-. The SMILES string of the molecule is O=C1/C=C\C(=O)C2(CCCCC2)C(=O)/C=C\C(=O)C2(CCCCC2)C(=O)/C=C\C(=O)C2(CCCCC2)C(=O)/C=C\C(=O)C12CCCCC2. The maximum absolute atomic E-state index is 13.8. The molecule has 0 aliphatic heterocycles. The fourth-order valence-corrected chi connectivity index (χ4v) is 8.96. The van der Waals surface area contributed by atoms with Crippen molar-refractivity contribution in [1.29, 1.82) is 0 Å². The first-order chi connectivity index (χ1) is 23.0. The van der Waals surface area contributed by atoms with Crippen LogP contribution in [-0.2, 0) is 38.4 Å². The monoisotopic (exact) mass is 656 g/mol. The molecule has 5 aliphatic carbocycles. The largest absolute Gasteiger partial charge is 0.294 e. The molecule has 0 aromatic heterocycles. The molecular formula is C40H48O8. The van der Waals surface area contributed by atoms with Crippen molar-refractivity contribution in [2.24, 2.45) is 21.7 Å². The number of ketones is 8. The van der Waals surface area contributed by atoms with Gasteiger partial charge in [0.1, 0.15) is 0 Å². The van der Waals surface area contributed by atoms with Crippen molar-refractivity contribution in [2.75, 3.05) is 0 Å². The van der Waals surface area contributed by atoms with E-state index >= 15 is 0 Å². The first-order valence-electron chi connectivity index (χ1n) is 18.1. The average molecular weight is 657 g/mol. The molecule has 4 fully saturated rings. The predicted octanol–water partition coefficient (Wildman–Crippen LogP) is 6.58. The summed E-state index contributed by atoms with van der Waals surface area (Å²) in [6.45, 7) is 0. The Labute approximate surface area is 282 Å². The van der Waals surface area contributed by atoms with Gasteiger partial charge in [-0.25, -0.2) is 0 Å². The van der Waals surface area contributed by atoms with Crippen molar-refractivity contribution in [1.82, 2.24) is 0 Å². The Morgan fingerprint density at radius 3 is 0.479 bits per heavy atom. The summed E-state index contributed by atoms with van der Waals surface area (Å²) in [6, 6.07) is 0. The van der Waals surface area contributed by atoms with Gasteiger partial charge in [0.05, 0.1) is 21.7 Å². The minimum absolute atomic E-state index is 0.271. The van der Waals surface area contributed by atoms with Crippen LogP contribution in [0.15, 0.2) is 48.6 Å². The van der Waals surface area contributed by atoms with Crippen LogP contribution < -0.4 is 0 Å². The van der Waals surface area contributed by atoms with Crippen molar-refractivity contribution in [3.8, 4) is 0 Å². The molecule has 5 aliphatic rings. The minimum Gasteiger partial charge on any atom is -0.294 e. The molecule has 0 heterocycles. The van der Waals surface area contributed by atoms with Crippen molar-refractivity contribution < 1.29 is 38.4 Å². The summed E-state index contributed by atoms with van der Waals surface area (Å²) in [4.78, 5) is 111. The van der Waals surface area contributed by atoms with Gasteiger partial charge in [-0.05, 0) is 100.0 Å². The number of carbonyl (C=O) groups excluding carboxylic acids is 8. The normalized spacial score (nSPS) is 29.7. The summed E-state index contributed by atoms with van der Waals surface area (Å²) in [5.41, 5.74) is -5.75. The van der Waals surface area contributed by atoms with E-state index in [1.807, 2.05) is 0 Å². The molecular weight excluding hydrogens is 608 g/mol. The van der Waals surface area contributed by atoms with Crippen LogP contribution in [-0.4, -0.2) is 46.3 Å². The van der Waals surface area contributed by atoms with Gasteiger partial charge in [-0.15, -0.1) is 0 Å². The highest BCUT2D eigenvalue weighted by Gasteiger charge is 2.49. The quantitative estimate of drug-likeness (QED) is 0.267. The van der Waals surface area contributed by atoms with Crippen LogP contribution in [0, 0.1) is 21.7 Å². The number of hydrogen-bond acceptors (Lipinski definition) is 8. The van der Waals surface area contributed by atoms with Gasteiger partial charge in [-0.1, -0.05) is 77.0 Å². The number of carbonyl (C=O) groups is 8. The topological polar surface area (TPSA) is 137 Å². The lowest BCUT2D eigenvalue weighted by atomic mass is 9.65. The first-order valence-corrected chi connectivity index (χ1v) is 18.1. The Bertz CT molecular complexity index is 1170. The molecule has 8 heteroatoms. The maximum atomic E-state index is 13.8. The molecule has 48 heavy (non-hydrogen) atoms. The van der Waals surface area contributed by atoms with Crippen LogP contribution in [0.1, 0.15) is 128 Å². The molecule has 4 saturated carbocycles. The molecule has 5 rings (SSSR count). The highest BCUT2D eigenvalue weighted by atomic mass is 16.2. The van der Waals surface area contributed by atoms with Crippen LogP contribution in [0.3, 0.4) is 0 Å². The fraction of sp³-hybridized carbons (Fsp3) is 0.600. The summed E-state index contributed by atoms with van der Waals surface area (Å²) in [6.07, 6.45) is 19.6. The van der Waals surface area contributed by atoms with Crippen LogP contribution in [0.5, 0.6) is 0 Å². The molecule has 0 aromatic rings. The van der Waals surface area contributed by atoms with Crippen LogP contribution >= 0.6 is 0 Å². The van der Waals surface area contributed by atoms with Gasteiger partial charge in [-0.3, -0.25) is 38.4 Å². The molecule has 0 radical (unpaired) electrons. The molecule has 0 unspecified atom stereocenters. The summed E-state index contributed by atoms with van der Waals surface area (Å²) in [7, 11) is 0. The molecule has 0 aromatic carbocycles. The van der Waals surface area contributed by atoms with E-state index in [9.17, 15) is 38.4 Å². The van der Waals surface area contributed by atoms with Crippen LogP contribution in [0.25, 0.3) is 0 Å². The molecule has 0 saturated heterocycles. The van der Waals surface area contributed by atoms with Crippen molar-refractivity contribution in [3.05, 3.63) is 48.6 Å². The van der Waals surface area contributed by atoms with Gasteiger partial charge in [0.25, 0.3) is 0 Å². The number of allylic oxidation sites excluding steroid dienone is 8. The van der Waals surface area contributed by atoms with Gasteiger partial charge in [0.15, 0.2) is 46.3 Å². The van der Waals surface area contributed by atoms with E-state index in [0.29, 0.717) is 51.4 Å². The van der Waals surface area contributed by atoms with Gasteiger partial charge < -0.3 is 0 Å². The van der Waals surface area contributed by atoms with Crippen LogP contribution in [0.4, 0.5) is 0 Å². The van der Waals surface area contributed by atoms with E-state index < -0.39 is 67.9 Å². The molecule has 8 nitrogen and oxygen atoms in total. The lowest BCUT2D eigenvalue weighted by Crippen LogP contribution is -2.43. The van der Waals surface area contributed by atoms with E-state index in [1.54, 1.807) is 0 Å². The second-order valence-electron chi connectivity index (χ2n) is 14.8. The van der Waals surface area contributed by atoms with E-state index in [2.05, 4.69) is 0 Å². The highest BCUT2D eigenvalue weighted by Crippen LogP contribution is 2.44. The predicted molar refractivity (Wildman–Crippen MR) is 179 cm³/mol. The Hall–Kier alpha value is -3.68. The fourth-order valence-electron chi connectivity index (χ4n) is 8.96. The third kappa shape index (κ3) is 6.64. The zero-order valence-electron chi connectivity index (χ0n) is 28.0.